The van der Waals surface area contributed by atoms with Crippen molar-refractivity contribution in [2.45, 2.75) is 0 Å². The van der Waals surface area contributed by atoms with Crippen LogP contribution in [0.4, 0.5) is 11.4 Å². The van der Waals surface area contributed by atoms with Crippen molar-refractivity contribution in [1.29, 1.82) is 0 Å². The summed E-state index contributed by atoms with van der Waals surface area (Å²) in [7, 11) is 5.51. The Hall–Kier alpha value is -3.22. The van der Waals surface area contributed by atoms with Gasteiger partial charge in [0.2, 0.25) is 0 Å². The molecule has 0 bridgehead atoms. The van der Waals surface area contributed by atoms with Crippen LogP contribution in [0, 0.1) is 0 Å². The molecule has 7 heteroatoms. The van der Waals surface area contributed by atoms with Crippen molar-refractivity contribution in [1.82, 2.24) is 4.90 Å². The van der Waals surface area contributed by atoms with Gasteiger partial charge in [-0.3, -0.25) is 4.79 Å². The third-order valence-corrected chi connectivity index (χ3v) is 5.02. The molecule has 1 aliphatic heterocycles. The number of rotatable bonds is 6. The number of hydrogen-bond acceptors (Lipinski definition) is 6. The van der Waals surface area contributed by atoms with Gasteiger partial charge in [0.05, 0.1) is 12.7 Å². The van der Waals surface area contributed by atoms with Crippen LogP contribution in [0.15, 0.2) is 48.5 Å². The maximum Gasteiger partial charge on any atom is 0.338 e. The monoisotopic (exact) mass is 397 g/mol. The Morgan fingerprint density at radius 3 is 2.10 bits per heavy atom. The Labute approximate surface area is 171 Å². The van der Waals surface area contributed by atoms with E-state index < -0.39 is 5.97 Å². The fourth-order valence-corrected chi connectivity index (χ4v) is 3.20. The number of benzene rings is 2. The molecule has 0 saturated carbocycles. The van der Waals surface area contributed by atoms with Crippen LogP contribution in [-0.2, 0) is 9.53 Å². The summed E-state index contributed by atoms with van der Waals surface area (Å²) in [6, 6.07) is 15.0. The third kappa shape index (κ3) is 5.19. The minimum atomic E-state index is -0.486. The topological polar surface area (TPSA) is 62.3 Å². The van der Waals surface area contributed by atoms with Gasteiger partial charge in [-0.25, -0.2) is 4.79 Å². The second kappa shape index (κ2) is 9.32. The van der Waals surface area contributed by atoms with Gasteiger partial charge in [0, 0.05) is 51.6 Å². The number of hydrogen-bond donors (Lipinski definition) is 0. The Bertz CT molecular complexity index is 826. The summed E-state index contributed by atoms with van der Waals surface area (Å²) < 4.78 is 10.4. The number of carbonyl (C=O) groups is 2. The number of carbonyl (C=O) groups excluding carboxylic acids is 2. The molecule has 1 amide bonds. The van der Waals surface area contributed by atoms with Crippen LogP contribution in [0.3, 0.4) is 0 Å². The van der Waals surface area contributed by atoms with Gasteiger partial charge in [0.25, 0.3) is 5.91 Å². The van der Waals surface area contributed by atoms with E-state index in [4.69, 9.17) is 9.47 Å². The summed E-state index contributed by atoms with van der Waals surface area (Å²) in [6.45, 7) is 2.42. The molecule has 0 unspecified atom stereocenters. The van der Waals surface area contributed by atoms with E-state index in [2.05, 4.69) is 4.90 Å². The van der Waals surface area contributed by atoms with Crippen LogP contribution >= 0.6 is 0 Å². The van der Waals surface area contributed by atoms with Crippen molar-refractivity contribution in [2.75, 3.05) is 63.8 Å². The molecule has 29 heavy (non-hydrogen) atoms. The molecule has 1 heterocycles. The summed E-state index contributed by atoms with van der Waals surface area (Å²) in [5.74, 6) is 0.166. The van der Waals surface area contributed by atoms with Crippen molar-refractivity contribution in [3.8, 4) is 5.75 Å². The van der Waals surface area contributed by atoms with Gasteiger partial charge >= 0.3 is 5.97 Å². The lowest BCUT2D eigenvalue weighted by Gasteiger charge is -2.36. The van der Waals surface area contributed by atoms with Gasteiger partial charge in [0.1, 0.15) is 5.75 Å². The standard InChI is InChI=1S/C22H27N3O4/c1-23(2)18-6-4-17(5-7-18)22(27)29-16-21(26)25-14-12-24(13-15-25)19-8-10-20(28-3)11-9-19/h4-11H,12-16H2,1-3H3. The lowest BCUT2D eigenvalue weighted by molar-refractivity contribution is -0.134. The number of anilines is 2. The van der Waals surface area contributed by atoms with Crippen molar-refractivity contribution in [3.05, 3.63) is 54.1 Å². The maximum absolute atomic E-state index is 12.4. The molecule has 0 radical (unpaired) electrons. The first-order valence-corrected chi connectivity index (χ1v) is 9.59. The van der Waals surface area contributed by atoms with Gasteiger partial charge < -0.3 is 24.2 Å². The zero-order valence-corrected chi connectivity index (χ0v) is 17.1. The van der Waals surface area contributed by atoms with Crippen LogP contribution < -0.4 is 14.5 Å². The number of piperazine rings is 1. The second-order valence-electron chi connectivity index (χ2n) is 7.08. The fraction of sp³-hybridized carbons (Fsp3) is 0.364. The molecule has 154 valence electrons. The maximum atomic E-state index is 12.4. The first-order chi connectivity index (χ1) is 14.0. The Balaban J connectivity index is 1.46. The number of nitrogens with zero attached hydrogens (tertiary/aromatic N) is 3. The zero-order valence-electron chi connectivity index (χ0n) is 17.1. The molecule has 0 aromatic heterocycles. The second-order valence-corrected chi connectivity index (χ2v) is 7.08. The largest absolute Gasteiger partial charge is 0.497 e. The minimum Gasteiger partial charge on any atom is -0.497 e. The highest BCUT2D eigenvalue weighted by molar-refractivity contribution is 5.91. The quantitative estimate of drug-likeness (QED) is 0.697. The van der Waals surface area contributed by atoms with E-state index in [-0.39, 0.29) is 12.5 Å². The molecule has 2 aromatic rings. The normalized spacial score (nSPS) is 13.8. The summed E-state index contributed by atoms with van der Waals surface area (Å²) in [5.41, 5.74) is 2.53. The Morgan fingerprint density at radius 1 is 0.931 bits per heavy atom. The predicted octanol–water partition coefficient (Wildman–Crippen LogP) is 2.27. The molecule has 2 aromatic carbocycles. The summed E-state index contributed by atoms with van der Waals surface area (Å²) in [5, 5.41) is 0. The van der Waals surface area contributed by atoms with Crippen LogP contribution in [0.5, 0.6) is 5.75 Å². The molecule has 7 nitrogen and oxygen atoms in total. The molecule has 0 N–H and O–H groups in total. The van der Waals surface area contributed by atoms with E-state index in [1.165, 1.54) is 0 Å². The molecule has 1 aliphatic rings. The number of ether oxygens (including phenoxy) is 2. The van der Waals surface area contributed by atoms with Crippen molar-refractivity contribution in [2.24, 2.45) is 0 Å². The Kier molecular flexibility index (Phi) is 6.59. The van der Waals surface area contributed by atoms with Crippen LogP contribution in [0.1, 0.15) is 10.4 Å². The van der Waals surface area contributed by atoms with Gasteiger partial charge in [-0.1, -0.05) is 0 Å². The molecule has 1 saturated heterocycles. The van der Waals surface area contributed by atoms with Crippen LogP contribution in [0.25, 0.3) is 0 Å². The highest BCUT2D eigenvalue weighted by Crippen LogP contribution is 2.20. The van der Waals surface area contributed by atoms with E-state index in [9.17, 15) is 9.59 Å². The number of amides is 1. The van der Waals surface area contributed by atoms with Crippen LogP contribution in [0.2, 0.25) is 0 Å². The highest BCUT2D eigenvalue weighted by Gasteiger charge is 2.22. The lowest BCUT2D eigenvalue weighted by Crippen LogP contribution is -2.49. The van der Waals surface area contributed by atoms with Gasteiger partial charge in [-0.15, -0.1) is 0 Å². The van der Waals surface area contributed by atoms with Gasteiger partial charge in [-0.05, 0) is 48.5 Å². The molecular formula is C22H27N3O4. The number of esters is 1. The average molecular weight is 397 g/mol. The summed E-state index contributed by atoms with van der Waals surface area (Å²) in [6.07, 6.45) is 0. The Morgan fingerprint density at radius 2 is 1.55 bits per heavy atom. The van der Waals surface area contributed by atoms with Crippen molar-refractivity contribution < 1.29 is 19.1 Å². The fourth-order valence-electron chi connectivity index (χ4n) is 3.20. The highest BCUT2D eigenvalue weighted by atomic mass is 16.5. The first-order valence-electron chi connectivity index (χ1n) is 9.59. The van der Waals surface area contributed by atoms with E-state index in [0.717, 1.165) is 30.2 Å². The lowest BCUT2D eigenvalue weighted by atomic mass is 10.2. The predicted molar refractivity (Wildman–Crippen MR) is 113 cm³/mol. The average Bonchev–Trinajstić information content (AvgIpc) is 2.77. The molecule has 0 atom stereocenters. The first kappa shape index (κ1) is 20.5. The van der Waals surface area contributed by atoms with Crippen molar-refractivity contribution >= 4 is 23.3 Å². The van der Waals surface area contributed by atoms with E-state index in [1.807, 2.05) is 55.4 Å². The summed E-state index contributed by atoms with van der Waals surface area (Å²) >= 11 is 0. The van der Waals surface area contributed by atoms with E-state index in [0.29, 0.717) is 18.7 Å². The zero-order chi connectivity index (χ0) is 20.8. The van der Waals surface area contributed by atoms with E-state index in [1.54, 1.807) is 24.1 Å². The third-order valence-electron chi connectivity index (χ3n) is 5.02. The SMILES string of the molecule is COc1ccc(N2CCN(C(=O)COC(=O)c3ccc(N(C)C)cc3)CC2)cc1. The summed E-state index contributed by atoms with van der Waals surface area (Å²) in [4.78, 5) is 30.5. The van der Waals surface area contributed by atoms with Crippen molar-refractivity contribution in [3.63, 3.8) is 0 Å². The minimum absolute atomic E-state index is 0.169. The van der Waals surface area contributed by atoms with E-state index >= 15 is 0 Å². The molecule has 0 aliphatic carbocycles. The smallest absolute Gasteiger partial charge is 0.338 e. The van der Waals surface area contributed by atoms with Gasteiger partial charge in [0.15, 0.2) is 6.61 Å². The molecule has 1 fully saturated rings. The number of methoxy groups -OCH3 is 1. The molecule has 0 spiro atoms. The molecular weight excluding hydrogens is 370 g/mol. The van der Waals surface area contributed by atoms with Gasteiger partial charge in [-0.2, -0.15) is 0 Å². The molecule has 3 rings (SSSR count). The van der Waals surface area contributed by atoms with Crippen LogP contribution in [-0.4, -0.2) is 70.8 Å².